The summed E-state index contributed by atoms with van der Waals surface area (Å²) in [6, 6.07) is 2.54. The summed E-state index contributed by atoms with van der Waals surface area (Å²) in [5, 5.41) is 0. The first-order chi connectivity index (χ1) is 11.3. The molecule has 0 spiro atoms. The second-order valence-corrected chi connectivity index (χ2v) is 7.93. The van der Waals surface area contributed by atoms with Crippen LogP contribution in [0.3, 0.4) is 0 Å². The first-order valence-corrected chi connectivity index (χ1v) is 9.45. The van der Waals surface area contributed by atoms with Crippen LogP contribution in [-0.4, -0.2) is 49.7 Å². The summed E-state index contributed by atoms with van der Waals surface area (Å²) >= 11 is 0. The van der Waals surface area contributed by atoms with E-state index >= 15 is 0 Å². The molecule has 0 bridgehead atoms. The predicted octanol–water partition coefficient (Wildman–Crippen LogP) is 2.23. The number of piperazine rings is 1. The SMILES string of the molecule is CCCC(C)C(=O)N1CCN(S(=O)(=O)c2ccc(F)c(F)c2)CC1. The van der Waals surface area contributed by atoms with Gasteiger partial charge in [0.15, 0.2) is 11.6 Å². The van der Waals surface area contributed by atoms with Gasteiger partial charge in [-0.1, -0.05) is 20.3 Å². The van der Waals surface area contributed by atoms with Crippen molar-refractivity contribution in [3.63, 3.8) is 0 Å². The zero-order valence-corrected chi connectivity index (χ0v) is 14.7. The maximum absolute atomic E-state index is 13.3. The minimum absolute atomic E-state index is 0.0294. The summed E-state index contributed by atoms with van der Waals surface area (Å²) in [7, 11) is -3.89. The van der Waals surface area contributed by atoms with E-state index in [9.17, 15) is 22.0 Å². The van der Waals surface area contributed by atoms with Crippen molar-refractivity contribution in [2.75, 3.05) is 26.2 Å². The Morgan fingerprint density at radius 3 is 2.33 bits per heavy atom. The van der Waals surface area contributed by atoms with Gasteiger partial charge >= 0.3 is 0 Å². The van der Waals surface area contributed by atoms with Crippen LogP contribution in [0.4, 0.5) is 8.78 Å². The third kappa shape index (κ3) is 3.92. The Bertz CT molecular complexity index is 701. The standard InChI is InChI=1S/C16H22F2N2O3S/c1-3-4-12(2)16(21)19-7-9-20(10-8-19)24(22,23)13-5-6-14(17)15(18)11-13/h5-6,11-12H,3-4,7-10H2,1-2H3. The number of amides is 1. The van der Waals surface area contributed by atoms with E-state index in [1.54, 1.807) is 4.90 Å². The van der Waals surface area contributed by atoms with Crippen molar-refractivity contribution < 1.29 is 22.0 Å². The zero-order valence-electron chi connectivity index (χ0n) is 13.8. The van der Waals surface area contributed by atoms with E-state index < -0.39 is 21.7 Å². The fourth-order valence-electron chi connectivity index (χ4n) is 2.80. The lowest BCUT2D eigenvalue weighted by Crippen LogP contribution is -2.51. The minimum Gasteiger partial charge on any atom is -0.340 e. The fourth-order valence-corrected chi connectivity index (χ4v) is 4.24. The Labute approximate surface area is 141 Å². The molecule has 1 aliphatic rings. The highest BCUT2D eigenvalue weighted by Gasteiger charge is 2.31. The topological polar surface area (TPSA) is 57.7 Å². The van der Waals surface area contributed by atoms with Crippen LogP contribution in [0.25, 0.3) is 0 Å². The molecular weight excluding hydrogens is 338 g/mol. The number of hydrogen-bond acceptors (Lipinski definition) is 3. The van der Waals surface area contributed by atoms with Gasteiger partial charge in [0, 0.05) is 32.1 Å². The summed E-state index contributed by atoms with van der Waals surface area (Å²) in [6.45, 7) is 4.77. The van der Waals surface area contributed by atoms with Crippen LogP contribution in [0.1, 0.15) is 26.7 Å². The molecule has 134 valence electrons. The zero-order chi connectivity index (χ0) is 17.9. The molecular formula is C16H22F2N2O3S. The van der Waals surface area contributed by atoms with Gasteiger partial charge in [0.1, 0.15) is 0 Å². The molecule has 1 aromatic carbocycles. The molecule has 0 saturated carbocycles. The molecule has 2 rings (SSSR count). The second-order valence-electron chi connectivity index (χ2n) is 6.00. The highest BCUT2D eigenvalue weighted by Crippen LogP contribution is 2.21. The average molecular weight is 360 g/mol. The maximum atomic E-state index is 13.3. The van der Waals surface area contributed by atoms with Crippen molar-refractivity contribution in [2.45, 2.75) is 31.6 Å². The summed E-state index contributed by atoms with van der Waals surface area (Å²) in [5.74, 6) is -2.33. The Balaban J connectivity index is 2.05. The first-order valence-electron chi connectivity index (χ1n) is 8.01. The molecule has 1 unspecified atom stereocenters. The summed E-state index contributed by atoms with van der Waals surface area (Å²) in [5.41, 5.74) is 0. The number of carbonyl (C=O) groups is 1. The van der Waals surface area contributed by atoms with Gasteiger partial charge in [-0.3, -0.25) is 4.79 Å². The normalized spacial score (nSPS) is 17.8. The van der Waals surface area contributed by atoms with Crippen LogP contribution in [-0.2, 0) is 14.8 Å². The molecule has 24 heavy (non-hydrogen) atoms. The first kappa shape index (κ1) is 18.8. The third-order valence-electron chi connectivity index (χ3n) is 4.22. The van der Waals surface area contributed by atoms with Gasteiger partial charge in [-0.25, -0.2) is 17.2 Å². The highest BCUT2D eigenvalue weighted by atomic mass is 32.2. The van der Waals surface area contributed by atoms with E-state index in [-0.39, 0.29) is 29.8 Å². The molecule has 8 heteroatoms. The van der Waals surface area contributed by atoms with Crippen LogP contribution >= 0.6 is 0 Å². The van der Waals surface area contributed by atoms with Crippen molar-refractivity contribution in [3.8, 4) is 0 Å². The Morgan fingerprint density at radius 2 is 1.79 bits per heavy atom. The molecule has 1 saturated heterocycles. The summed E-state index contributed by atoms with van der Waals surface area (Å²) in [4.78, 5) is 13.7. The van der Waals surface area contributed by atoms with Gasteiger partial charge in [-0.05, 0) is 24.6 Å². The van der Waals surface area contributed by atoms with Crippen LogP contribution in [0.15, 0.2) is 23.1 Å². The number of hydrogen-bond donors (Lipinski definition) is 0. The van der Waals surface area contributed by atoms with Crippen molar-refractivity contribution >= 4 is 15.9 Å². The number of sulfonamides is 1. The van der Waals surface area contributed by atoms with Crippen molar-refractivity contribution in [1.82, 2.24) is 9.21 Å². The molecule has 1 heterocycles. The molecule has 1 atom stereocenters. The van der Waals surface area contributed by atoms with E-state index in [4.69, 9.17) is 0 Å². The lowest BCUT2D eigenvalue weighted by molar-refractivity contribution is -0.136. The van der Waals surface area contributed by atoms with E-state index in [2.05, 4.69) is 0 Å². The van der Waals surface area contributed by atoms with Crippen molar-refractivity contribution in [2.24, 2.45) is 5.92 Å². The molecule has 0 N–H and O–H groups in total. The highest BCUT2D eigenvalue weighted by molar-refractivity contribution is 7.89. The van der Waals surface area contributed by atoms with Gasteiger partial charge in [0.05, 0.1) is 4.90 Å². The van der Waals surface area contributed by atoms with E-state index in [1.165, 1.54) is 4.31 Å². The Kier molecular flexibility index (Phi) is 5.92. The van der Waals surface area contributed by atoms with Crippen LogP contribution in [0.2, 0.25) is 0 Å². The number of halogens is 2. The smallest absolute Gasteiger partial charge is 0.243 e. The lowest BCUT2D eigenvalue weighted by atomic mass is 10.0. The number of benzene rings is 1. The summed E-state index contributed by atoms with van der Waals surface area (Å²) < 4.78 is 52.5. The molecule has 1 aromatic rings. The van der Waals surface area contributed by atoms with Gasteiger partial charge in [0.25, 0.3) is 0 Å². The Hall–Kier alpha value is -1.54. The molecule has 0 radical (unpaired) electrons. The average Bonchev–Trinajstić information content (AvgIpc) is 2.57. The van der Waals surface area contributed by atoms with E-state index in [0.29, 0.717) is 19.2 Å². The van der Waals surface area contributed by atoms with Crippen molar-refractivity contribution in [1.29, 1.82) is 0 Å². The van der Waals surface area contributed by atoms with Crippen LogP contribution in [0, 0.1) is 17.6 Å². The maximum Gasteiger partial charge on any atom is 0.243 e. The number of carbonyl (C=O) groups excluding carboxylic acids is 1. The van der Waals surface area contributed by atoms with E-state index in [1.807, 2.05) is 13.8 Å². The third-order valence-corrected chi connectivity index (χ3v) is 6.12. The molecule has 1 amide bonds. The summed E-state index contributed by atoms with van der Waals surface area (Å²) in [6.07, 6.45) is 1.71. The monoisotopic (exact) mass is 360 g/mol. The van der Waals surface area contributed by atoms with Crippen LogP contribution in [0.5, 0.6) is 0 Å². The van der Waals surface area contributed by atoms with Gasteiger partial charge in [-0.15, -0.1) is 0 Å². The number of nitrogens with zero attached hydrogens (tertiary/aromatic N) is 2. The second kappa shape index (κ2) is 7.57. The largest absolute Gasteiger partial charge is 0.340 e. The van der Waals surface area contributed by atoms with Crippen LogP contribution < -0.4 is 0 Å². The molecule has 1 fully saturated rings. The number of rotatable bonds is 5. The van der Waals surface area contributed by atoms with Crippen molar-refractivity contribution in [3.05, 3.63) is 29.8 Å². The minimum atomic E-state index is -3.89. The lowest BCUT2D eigenvalue weighted by Gasteiger charge is -2.35. The molecule has 1 aliphatic heterocycles. The van der Waals surface area contributed by atoms with Gasteiger partial charge < -0.3 is 4.90 Å². The quantitative estimate of drug-likeness (QED) is 0.809. The molecule has 0 aliphatic carbocycles. The Morgan fingerprint density at radius 1 is 1.17 bits per heavy atom. The molecule has 0 aromatic heterocycles. The fraction of sp³-hybridized carbons (Fsp3) is 0.562. The predicted molar refractivity (Wildman–Crippen MR) is 85.8 cm³/mol. The molecule has 5 nitrogen and oxygen atoms in total. The van der Waals surface area contributed by atoms with Gasteiger partial charge in [-0.2, -0.15) is 4.31 Å². The van der Waals surface area contributed by atoms with E-state index in [0.717, 1.165) is 25.0 Å². The van der Waals surface area contributed by atoms with Gasteiger partial charge in [0.2, 0.25) is 15.9 Å².